The van der Waals surface area contributed by atoms with Crippen molar-refractivity contribution in [2.75, 3.05) is 19.5 Å². The molecule has 0 aliphatic heterocycles. The minimum absolute atomic E-state index is 0.732. The zero-order valence-corrected chi connectivity index (χ0v) is 14.4. The maximum Gasteiger partial charge on any atom is 0.162 e. The Morgan fingerprint density at radius 3 is 2.24 bits per heavy atom. The normalized spacial score (nSPS) is 10.3. The van der Waals surface area contributed by atoms with Crippen LogP contribution in [0.2, 0.25) is 0 Å². The third-order valence-corrected chi connectivity index (χ3v) is 4.30. The van der Waals surface area contributed by atoms with Crippen LogP contribution in [0.1, 0.15) is 16.7 Å². The van der Waals surface area contributed by atoms with E-state index in [0.717, 1.165) is 33.8 Å². The molecule has 0 fully saturated rings. The number of aryl methyl sites for hydroxylation is 2. The molecule has 21 heavy (non-hydrogen) atoms. The number of benzene rings is 2. The molecule has 1 N–H and O–H groups in total. The monoisotopic (exact) mass is 349 g/mol. The fourth-order valence-corrected chi connectivity index (χ4v) is 2.54. The third kappa shape index (κ3) is 3.70. The SMILES string of the molecule is COc1cc(C)c(NCc2ccc(C)c(Br)c2)cc1OC. The van der Waals surface area contributed by atoms with Crippen LogP contribution in [-0.2, 0) is 6.54 Å². The molecule has 0 aliphatic carbocycles. The van der Waals surface area contributed by atoms with Crippen molar-refractivity contribution in [3.8, 4) is 11.5 Å². The Bertz CT molecular complexity index is 641. The van der Waals surface area contributed by atoms with Crippen molar-refractivity contribution in [1.29, 1.82) is 0 Å². The number of anilines is 1. The van der Waals surface area contributed by atoms with E-state index in [1.807, 2.05) is 12.1 Å². The van der Waals surface area contributed by atoms with Crippen LogP contribution in [0.4, 0.5) is 5.69 Å². The summed E-state index contributed by atoms with van der Waals surface area (Å²) in [4.78, 5) is 0. The topological polar surface area (TPSA) is 30.5 Å². The minimum atomic E-state index is 0.732. The van der Waals surface area contributed by atoms with E-state index >= 15 is 0 Å². The van der Waals surface area contributed by atoms with Gasteiger partial charge in [-0.2, -0.15) is 0 Å². The fourth-order valence-electron chi connectivity index (χ4n) is 2.11. The van der Waals surface area contributed by atoms with Crippen molar-refractivity contribution < 1.29 is 9.47 Å². The second-order valence-corrected chi connectivity index (χ2v) is 5.81. The van der Waals surface area contributed by atoms with E-state index in [9.17, 15) is 0 Å². The predicted molar refractivity (Wildman–Crippen MR) is 90.5 cm³/mol. The van der Waals surface area contributed by atoms with E-state index < -0.39 is 0 Å². The van der Waals surface area contributed by atoms with E-state index in [2.05, 4.69) is 53.3 Å². The van der Waals surface area contributed by atoms with E-state index in [-0.39, 0.29) is 0 Å². The number of hydrogen-bond acceptors (Lipinski definition) is 3. The number of ether oxygens (including phenoxy) is 2. The second-order valence-electron chi connectivity index (χ2n) is 4.96. The van der Waals surface area contributed by atoms with E-state index in [4.69, 9.17) is 9.47 Å². The molecule has 0 bridgehead atoms. The van der Waals surface area contributed by atoms with Gasteiger partial charge in [-0.1, -0.05) is 28.1 Å². The maximum absolute atomic E-state index is 5.35. The number of methoxy groups -OCH3 is 2. The summed E-state index contributed by atoms with van der Waals surface area (Å²) >= 11 is 3.56. The Kier molecular flexibility index (Phi) is 5.12. The first-order chi connectivity index (χ1) is 10.0. The quantitative estimate of drug-likeness (QED) is 0.848. The van der Waals surface area contributed by atoms with Gasteiger partial charge in [0, 0.05) is 22.8 Å². The zero-order chi connectivity index (χ0) is 15.4. The molecule has 0 aromatic heterocycles. The molecule has 112 valence electrons. The van der Waals surface area contributed by atoms with Crippen molar-refractivity contribution in [3.05, 3.63) is 51.5 Å². The second kappa shape index (κ2) is 6.85. The lowest BCUT2D eigenvalue weighted by atomic mass is 10.1. The molecule has 0 heterocycles. The standard InChI is InChI=1S/C17H20BrNO2/c1-11-5-6-13(8-14(11)18)10-19-15-9-17(21-4)16(20-3)7-12(15)2/h5-9,19H,10H2,1-4H3. The first kappa shape index (κ1) is 15.7. The van der Waals surface area contributed by atoms with Gasteiger partial charge in [-0.05, 0) is 42.7 Å². The Balaban J connectivity index is 2.17. The van der Waals surface area contributed by atoms with Crippen LogP contribution in [0.5, 0.6) is 11.5 Å². The van der Waals surface area contributed by atoms with Crippen LogP contribution in [0.3, 0.4) is 0 Å². The third-order valence-electron chi connectivity index (χ3n) is 3.45. The van der Waals surface area contributed by atoms with Crippen molar-refractivity contribution >= 4 is 21.6 Å². The highest BCUT2D eigenvalue weighted by atomic mass is 79.9. The Labute approximate surface area is 134 Å². The molecule has 0 atom stereocenters. The van der Waals surface area contributed by atoms with E-state index in [1.54, 1.807) is 14.2 Å². The van der Waals surface area contributed by atoms with Gasteiger partial charge in [0.2, 0.25) is 0 Å². The van der Waals surface area contributed by atoms with Crippen LogP contribution in [-0.4, -0.2) is 14.2 Å². The van der Waals surface area contributed by atoms with Crippen molar-refractivity contribution in [1.82, 2.24) is 0 Å². The molecule has 4 heteroatoms. The van der Waals surface area contributed by atoms with Gasteiger partial charge in [0.25, 0.3) is 0 Å². The molecule has 0 spiro atoms. The van der Waals surface area contributed by atoms with E-state index in [1.165, 1.54) is 11.1 Å². The summed E-state index contributed by atoms with van der Waals surface area (Å²) < 4.78 is 11.8. The first-order valence-corrected chi connectivity index (χ1v) is 7.56. The van der Waals surface area contributed by atoms with Crippen LogP contribution < -0.4 is 14.8 Å². The van der Waals surface area contributed by atoms with E-state index in [0.29, 0.717) is 0 Å². The van der Waals surface area contributed by atoms with Crippen molar-refractivity contribution in [2.45, 2.75) is 20.4 Å². The number of hydrogen-bond donors (Lipinski definition) is 1. The highest BCUT2D eigenvalue weighted by molar-refractivity contribution is 9.10. The van der Waals surface area contributed by atoms with Gasteiger partial charge in [0.05, 0.1) is 14.2 Å². The molecular weight excluding hydrogens is 330 g/mol. The smallest absolute Gasteiger partial charge is 0.162 e. The summed E-state index contributed by atoms with van der Waals surface area (Å²) in [6, 6.07) is 10.3. The Hall–Kier alpha value is -1.68. The lowest BCUT2D eigenvalue weighted by molar-refractivity contribution is 0.355. The summed E-state index contributed by atoms with van der Waals surface area (Å²) in [6.45, 7) is 4.89. The lowest BCUT2D eigenvalue weighted by Gasteiger charge is -2.14. The van der Waals surface area contributed by atoms with Crippen LogP contribution in [0.25, 0.3) is 0 Å². The Morgan fingerprint density at radius 1 is 0.952 bits per heavy atom. The average molecular weight is 350 g/mol. The molecule has 2 rings (SSSR count). The van der Waals surface area contributed by atoms with Gasteiger partial charge in [0.15, 0.2) is 11.5 Å². The molecule has 0 unspecified atom stereocenters. The highest BCUT2D eigenvalue weighted by Gasteiger charge is 2.08. The van der Waals surface area contributed by atoms with Crippen LogP contribution in [0.15, 0.2) is 34.8 Å². The molecule has 2 aromatic rings. The minimum Gasteiger partial charge on any atom is -0.493 e. The number of nitrogens with one attached hydrogen (secondary N) is 1. The highest BCUT2D eigenvalue weighted by Crippen LogP contribution is 2.33. The van der Waals surface area contributed by atoms with Gasteiger partial charge in [-0.25, -0.2) is 0 Å². The van der Waals surface area contributed by atoms with Crippen LogP contribution in [0, 0.1) is 13.8 Å². The summed E-state index contributed by atoms with van der Waals surface area (Å²) in [5.74, 6) is 1.48. The summed E-state index contributed by atoms with van der Waals surface area (Å²) in [5, 5.41) is 3.45. The van der Waals surface area contributed by atoms with Gasteiger partial charge >= 0.3 is 0 Å². The van der Waals surface area contributed by atoms with Gasteiger partial charge in [-0.15, -0.1) is 0 Å². The maximum atomic E-state index is 5.35. The largest absolute Gasteiger partial charge is 0.493 e. The molecule has 0 amide bonds. The Morgan fingerprint density at radius 2 is 1.62 bits per heavy atom. The fraction of sp³-hybridized carbons (Fsp3) is 0.294. The van der Waals surface area contributed by atoms with Crippen molar-refractivity contribution in [3.63, 3.8) is 0 Å². The van der Waals surface area contributed by atoms with Gasteiger partial charge < -0.3 is 14.8 Å². The molecule has 0 saturated carbocycles. The van der Waals surface area contributed by atoms with Crippen LogP contribution >= 0.6 is 15.9 Å². The van der Waals surface area contributed by atoms with Crippen molar-refractivity contribution in [2.24, 2.45) is 0 Å². The molecule has 0 aliphatic rings. The number of halogens is 1. The zero-order valence-electron chi connectivity index (χ0n) is 12.8. The average Bonchev–Trinajstić information content (AvgIpc) is 2.49. The molecule has 3 nitrogen and oxygen atoms in total. The summed E-state index contributed by atoms with van der Waals surface area (Å²) in [5.41, 5.74) is 4.63. The first-order valence-electron chi connectivity index (χ1n) is 6.76. The lowest BCUT2D eigenvalue weighted by Crippen LogP contribution is -2.02. The molecule has 0 saturated heterocycles. The van der Waals surface area contributed by atoms with Gasteiger partial charge in [0.1, 0.15) is 0 Å². The predicted octanol–water partition coefficient (Wildman–Crippen LogP) is 4.70. The molecule has 0 radical (unpaired) electrons. The summed E-state index contributed by atoms with van der Waals surface area (Å²) in [7, 11) is 3.29. The number of rotatable bonds is 5. The summed E-state index contributed by atoms with van der Waals surface area (Å²) in [6.07, 6.45) is 0. The molecular formula is C17H20BrNO2. The molecule has 2 aromatic carbocycles. The van der Waals surface area contributed by atoms with Gasteiger partial charge in [-0.3, -0.25) is 0 Å².